The van der Waals surface area contributed by atoms with Crippen LogP contribution < -0.4 is 4.74 Å². The number of nitrogens with zero attached hydrogens (tertiary/aromatic N) is 1. The fourth-order valence-electron chi connectivity index (χ4n) is 1.90. The number of halogens is 2. The molecule has 0 amide bonds. The predicted molar refractivity (Wildman–Crippen MR) is 85.2 cm³/mol. The quantitative estimate of drug-likeness (QED) is 0.337. The lowest BCUT2D eigenvalue weighted by atomic mass is 10.1. The average molecular weight is 349 g/mol. The van der Waals surface area contributed by atoms with Gasteiger partial charge in [-0.15, -0.1) is 0 Å². The molecule has 2 rings (SSSR count). The second kappa shape index (κ2) is 8.00. The molecule has 2 aromatic carbocycles. The molecule has 0 saturated carbocycles. The number of carbonyl (C=O) groups excluding carboxylic acids is 1. The smallest absolute Gasteiger partial charge is 0.330 e. The van der Waals surface area contributed by atoms with Crippen LogP contribution in [0.15, 0.2) is 42.5 Å². The summed E-state index contributed by atoms with van der Waals surface area (Å²) in [5.41, 5.74) is -0.0820. The summed E-state index contributed by atoms with van der Waals surface area (Å²) in [4.78, 5) is 21.8. The second-order valence-electron chi connectivity index (χ2n) is 4.75. The molecule has 0 aliphatic rings. The number of esters is 1. The molecule has 0 aliphatic heterocycles. The SMILES string of the molecule is CCOC(=O)/C=C/c1ccc(Oc2ccc(F)cc2F)c([N+](=O)[O-])c1. The number of hydrogen-bond donors (Lipinski definition) is 0. The maximum atomic E-state index is 13.6. The minimum absolute atomic E-state index is 0.208. The van der Waals surface area contributed by atoms with E-state index in [1.807, 2.05) is 0 Å². The van der Waals surface area contributed by atoms with Gasteiger partial charge in [-0.1, -0.05) is 6.07 Å². The lowest BCUT2D eigenvalue weighted by Gasteiger charge is -2.08. The van der Waals surface area contributed by atoms with Crippen molar-refractivity contribution in [2.75, 3.05) is 6.61 Å². The number of carbonyl (C=O) groups is 1. The minimum atomic E-state index is -0.986. The van der Waals surface area contributed by atoms with Gasteiger partial charge in [-0.3, -0.25) is 10.1 Å². The number of nitro benzene ring substituents is 1. The highest BCUT2D eigenvalue weighted by molar-refractivity contribution is 5.87. The van der Waals surface area contributed by atoms with Crippen molar-refractivity contribution in [3.8, 4) is 11.5 Å². The van der Waals surface area contributed by atoms with Crippen LogP contribution >= 0.6 is 0 Å². The molecule has 0 aliphatic carbocycles. The van der Waals surface area contributed by atoms with Crippen molar-refractivity contribution in [1.29, 1.82) is 0 Å². The van der Waals surface area contributed by atoms with Crippen molar-refractivity contribution < 1.29 is 28.0 Å². The van der Waals surface area contributed by atoms with Gasteiger partial charge in [0.2, 0.25) is 5.75 Å². The molecule has 130 valence electrons. The molecule has 8 heteroatoms. The highest BCUT2D eigenvalue weighted by atomic mass is 19.1. The third-order valence-electron chi connectivity index (χ3n) is 2.99. The molecule has 0 radical (unpaired) electrons. The molecule has 0 bridgehead atoms. The van der Waals surface area contributed by atoms with Crippen LogP contribution in [0.5, 0.6) is 11.5 Å². The summed E-state index contributed by atoms with van der Waals surface area (Å²) in [7, 11) is 0. The molecule has 6 nitrogen and oxygen atoms in total. The van der Waals surface area contributed by atoms with Crippen molar-refractivity contribution in [1.82, 2.24) is 0 Å². The van der Waals surface area contributed by atoms with Gasteiger partial charge in [0.25, 0.3) is 0 Å². The van der Waals surface area contributed by atoms with E-state index in [0.29, 0.717) is 11.6 Å². The monoisotopic (exact) mass is 349 g/mol. The Hall–Kier alpha value is -3.29. The summed E-state index contributed by atoms with van der Waals surface area (Å²) in [5.74, 6) is -2.93. The van der Waals surface area contributed by atoms with Crippen LogP contribution in [0.2, 0.25) is 0 Å². The van der Waals surface area contributed by atoms with E-state index in [0.717, 1.165) is 24.3 Å². The molecular weight excluding hydrogens is 336 g/mol. The molecule has 0 atom stereocenters. The van der Waals surface area contributed by atoms with E-state index in [4.69, 9.17) is 9.47 Å². The van der Waals surface area contributed by atoms with Gasteiger partial charge in [-0.05, 0) is 36.8 Å². The van der Waals surface area contributed by atoms with Gasteiger partial charge in [-0.2, -0.15) is 0 Å². The highest BCUT2D eigenvalue weighted by Gasteiger charge is 2.18. The first-order valence-electron chi connectivity index (χ1n) is 7.17. The highest BCUT2D eigenvalue weighted by Crippen LogP contribution is 2.33. The van der Waals surface area contributed by atoms with Crippen LogP contribution in [0.1, 0.15) is 12.5 Å². The van der Waals surface area contributed by atoms with Gasteiger partial charge in [-0.25, -0.2) is 13.6 Å². The normalized spacial score (nSPS) is 10.7. The van der Waals surface area contributed by atoms with Crippen molar-refractivity contribution in [3.63, 3.8) is 0 Å². The van der Waals surface area contributed by atoms with Crippen LogP contribution in [0.4, 0.5) is 14.5 Å². The van der Waals surface area contributed by atoms with Crippen LogP contribution in [0.25, 0.3) is 6.08 Å². The number of ether oxygens (including phenoxy) is 2. The first kappa shape index (κ1) is 18.1. The first-order valence-corrected chi connectivity index (χ1v) is 7.17. The van der Waals surface area contributed by atoms with Crippen molar-refractivity contribution in [2.45, 2.75) is 6.92 Å². The van der Waals surface area contributed by atoms with E-state index >= 15 is 0 Å². The van der Waals surface area contributed by atoms with Crippen LogP contribution in [-0.4, -0.2) is 17.5 Å². The van der Waals surface area contributed by atoms with Crippen LogP contribution in [0, 0.1) is 21.7 Å². The maximum Gasteiger partial charge on any atom is 0.330 e. The number of hydrogen-bond acceptors (Lipinski definition) is 5. The molecular formula is C17H13F2NO5. The molecule has 0 spiro atoms. The number of rotatable bonds is 6. The Morgan fingerprint density at radius 3 is 2.56 bits per heavy atom. The number of benzene rings is 2. The van der Waals surface area contributed by atoms with Gasteiger partial charge in [0.1, 0.15) is 5.82 Å². The van der Waals surface area contributed by atoms with E-state index in [2.05, 4.69) is 0 Å². The lowest BCUT2D eigenvalue weighted by molar-refractivity contribution is -0.385. The molecule has 2 aromatic rings. The zero-order valence-corrected chi connectivity index (χ0v) is 13.1. The van der Waals surface area contributed by atoms with E-state index in [1.54, 1.807) is 6.92 Å². The Balaban J connectivity index is 2.30. The maximum absolute atomic E-state index is 13.6. The first-order chi connectivity index (χ1) is 11.9. The molecule has 25 heavy (non-hydrogen) atoms. The van der Waals surface area contributed by atoms with Gasteiger partial charge in [0.05, 0.1) is 11.5 Å². The van der Waals surface area contributed by atoms with Crippen molar-refractivity contribution >= 4 is 17.7 Å². The topological polar surface area (TPSA) is 78.7 Å². The summed E-state index contributed by atoms with van der Waals surface area (Å²) >= 11 is 0. The Kier molecular flexibility index (Phi) is 5.78. The third kappa shape index (κ3) is 4.84. The zero-order valence-electron chi connectivity index (χ0n) is 13.1. The van der Waals surface area contributed by atoms with Gasteiger partial charge in [0.15, 0.2) is 11.6 Å². The zero-order chi connectivity index (χ0) is 18.4. The number of nitro groups is 1. The summed E-state index contributed by atoms with van der Waals surface area (Å²) < 4.78 is 36.4. The van der Waals surface area contributed by atoms with Crippen LogP contribution in [-0.2, 0) is 9.53 Å². The Labute approximate surface area is 141 Å². The van der Waals surface area contributed by atoms with E-state index in [-0.39, 0.29) is 18.1 Å². The van der Waals surface area contributed by atoms with E-state index in [9.17, 15) is 23.7 Å². The van der Waals surface area contributed by atoms with Crippen LogP contribution in [0.3, 0.4) is 0 Å². The molecule has 0 heterocycles. The second-order valence-corrected chi connectivity index (χ2v) is 4.75. The third-order valence-corrected chi connectivity index (χ3v) is 2.99. The summed E-state index contributed by atoms with van der Waals surface area (Å²) in [6.07, 6.45) is 2.47. The molecule has 0 aromatic heterocycles. The van der Waals surface area contributed by atoms with Gasteiger partial charge < -0.3 is 9.47 Å². The summed E-state index contributed by atoms with van der Waals surface area (Å²) in [5, 5.41) is 11.2. The molecule has 0 unspecified atom stereocenters. The summed E-state index contributed by atoms with van der Waals surface area (Å²) in [6.45, 7) is 1.86. The minimum Gasteiger partial charge on any atom is -0.463 e. The Morgan fingerprint density at radius 2 is 1.92 bits per heavy atom. The molecule has 0 N–H and O–H groups in total. The average Bonchev–Trinajstić information content (AvgIpc) is 2.56. The largest absolute Gasteiger partial charge is 0.463 e. The summed E-state index contributed by atoms with van der Waals surface area (Å²) in [6, 6.07) is 6.47. The fourth-order valence-corrected chi connectivity index (χ4v) is 1.90. The van der Waals surface area contributed by atoms with E-state index < -0.39 is 28.2 Å². The standard InChI is InChI=1S/C17H13F2NO5/c1-2-24-17(21)8-4-11-3-6-16(14(9-11)20(22)23)25-15-7-5-12(18)10-13(15)19/h3-10H,2H2,1H3/b8-4+. The van der Waals surface area contributed by atoms with Gasteiger partial charge in [0, 0.05) is 18.2 Å². The van der Waals surface area contributed by atoms with Gasteiger partial charge >= 0.3 is 11.7 Å². The lowest BCUT2D eigenvalue weighted by Crippen LogP contribution is -1.99. The van der Waals surface area contributed by atoms with Crippen molar-refractivity contribution in [3.05, 3.63) is 69.8 Å². The Bertz CT molecular complexity index is 836. The van der Waals surface area contributed by atoms with E-state index in [1.165, 1.54) is 18.2 Å². The fraction of sp³-hybridized carbons (Fsp3) is 0.118. The Morgan fingerprint density at radius 1 is 1.20 bits per heavy atom. The van der Waals surface area contributed by atoms with Crippen molar-refractivity contribution in [2.24, 2.45) is 0 Å². The molecule has 0 fully saturated rings. The molecule has 0 saturated heterocycles. The predicted octanol–water partition coefficient (Wildman–Crippen LogP) is 4.24.